The van der Waals surface area contributed by atoms with Crippen molar-refractivity contribution in [2.24, 2.45) is 11.8 Å². The summed E-state index contributed by atoms with van der Waals surface area (Å²) in [5.74, 6) is 1.62. The molecule has 2 aliphatic heterocycles. The van der Waals surface area contributed by atoms with E-state index in [0.717, 1.165) is 25.0 Å². The number of piperidine rings is 1. The standard InChI is InChI=1S/C23H26N4O3/c1-30-17-4-2-3-16(11-17)18-14-27(22(28)15-5-6-15)21-7-10-26(13-19(18)21)23(29)20-12-24-8-9-25-20/h2-4,8-9,11-12,15,18-19,21H,5-7,10,13-14H2,1H3/t18-,19-,21-/m1/s1. The minimum absolute atomic E-state index is 0.0853. The van der Waals surface area contributed by atoms with E-state index in [4.69, 9.17) is 4.74 Å². The lowest BCUT2D eigenvalue weighted by atomic mass is 9.81. The Morgan fingerprint density at radius 3 is 2.73 bits per heavy atom. The Kier molecular flexibility index (Phi) is 4.89. The van der Waals surface area contributed by atoms with Crippen molar-refractivity contribution in [3.63, 3.8) is 0 Å². The molecule has 0 bridgehead atoms. The van der Waals surface area contributed by atoms with Crippen molar-refractivity contribution in [2.45, 2.75) is 31.2 Å². The minimum Gasteiger partial charge on any atom is -0.497 e. The lowest BCUT2D eigenvalue weighted by Crippen LogP contribution is -2.50. The van der Waals surface area contributed by atoms with Gasteiger partial charge in [0.2, 0.25) is 5.91 Å². The number of carbonyl (C=O) groups excluding carboxylic acids is 2. The first-order valence-electron chi connectivity index (χ1n) is 10.7. The van der Waals surface area contributed by atoms with Crippen molar-refractivity contribution in [3.8, 4) is 5.75 Å². The maximum absolute atomic E-state index is 13.0. The SMILES string of the molecule is COc1cccc([C@H]2CN(C(=O)C3CC3)[C@@H]3CCN(C(=O)c4cnccn4)C[C@H]23)c1. The molecule has 3 aliphatic rings. The summed E-state index contributed by atoms with van der Waals surface area (Å²) in [5, 5.41) is 0. The Labute approximate surface area is 176 Å². The highest BCUT2D eigenvalue weighted by molar-refractivity contribution is 5.92. The normalized spacial score (nSPS) is 25.7. The van der Waals surface area contributed by atoms with Gasteiger partial charge in [-0.3, -0.25) is 14.6 Å². The van der Waals surface area contributed by atoms with Gasteiger partial charge in [-0.15, -0.1) is 0 Å². The molecule has 3 fully saturated rings. The number of methoxy groups -OCH3 is 1. The number of benzene rings is 1. The van der Waals surface area contributed by atoms with Crippen LogP contribution in [0.4, 0.5) is 0 Å². The fraction of sp³-hybridized carbons (Fsp3) is 0.478. The summed E-state index contributed by atoms with van der Waals surface area (Å²) in [5.41, 5.74) is 1.54. The van der Waals surface area contributed by atoms with Gasteiger partial charge in [-0.1, -0.05) is 12.1 Å². The van der Waals surface area contributed by atoms with E-state index in [1.54, 1.807) is 19.5 Å². The largest absolute Gasteiger partial charge is 0.497 e. The van der Waals surface area contributed by atoms with E-state index in [1.165, 1.54) is 11.8 Å². The number of aromatic nitrogens is 2. The fourth-order valence-corrected chi connectivity index (χ4v) is 5.03. The van der Waals surface area contributed by atoms with Gasteiger partial charge in [0.25, 0.3) is 5.91 Å². The number of hydrogen-bond donors (Lipinski definition) is 0. The number of ether oxygens (including phenoxy) is 1. The molecule has 30 heavy (non-hydrogen) atoms. The van der Waals surface area contributed by atoms with Crippen LogP contribution in [0.25, 0.3) is 0 Å². The van der Waals surface area contributed by atoms with Crippen LogP contribution in [-0.4, -0.2) is 64.4 Å². The van der Waals surface area contributed by atoms with Crippen molar-refractivity contribution in [2.75, 3.05) is 26.7 Å². The summed E-state index contributed by atoms with van der Waals surface area (Å²) in [6.45, 7) is 1.97. The van der Waals surface area contributed by atoms with Gasteiger partial charge in [0.05, 0.1) is 13.3 Å². The van der Waals surface area contributed by atoms with Gasteiger partial charge in [-0.2, -0.15) is 0 Å². The Morgan fingerprint density at radius 2 is 2.00 bits per heavy atom. The topological polar surface area (TPSA) is 75.6 Å². The summed E-state index contributed by atoms with van der Waals surface area (Å²) in [6.07, 6.45) is 7.45. The molecule has 156 valence electrons. The van der Waals surface area contributed by atoms with Crippen molar-refractivity contribution < 1.29 is 14.3 Å². The van der Waals surface area contributed by atoms with Crippen LogP contribution in [0.3, 0.4) is 0 Å². The lowest BCUT2D eigenvalue weighted by Gasteiger charge is -2.39. The molecule has 1 aromatic heterocycles. The zero-order valence-electron chi connectivity index (χ0n) is 17.1. The van der Waals surface area contributed by atoms with Crippen LogP contribution in [0.5, 0.6) is 5.75 Å². The summed E-state index contributed by atoms with van der Waals surface area (Å²) in [7, 11) is 1.67. The Hall–Kier alpha value is -2.96. The summed E-state index contributed by atoms with van der Waals surface area (Å²) in [6, 6.07) is 8.29. The first kappa shape index (κ1) is 19.0. The van der Waals surface area contributed by atoms with Crippen molar-refractivity contribution in [1.29, 1.82) is 0 Å². The number of hydrogen-bond acceptors (Lipinski definition) is 5. The quantitative estimate of drug-likeness (QED) is 0.779. The number of carbonyl (C=O) groups is 2. The van der Waals surface area contributed by atoms with Gasteiger partial charge in [-0.05, 0) is 37.0 Å². The molecule has 2 saturated heterocycles. The number of likely N-dealkylation sites (tertiary alicyclic amines) is 2. The van der Waals surface area contributed by atoms with E-state index in [-0.39, 0.29) is 29.7 Å². The average molecular weight is 406 g/mol. The number of amides is 2. The molecule has 3 heterocycles. The summed E-state index contributed by atoms with van der Waals surface area (Å²) < 4.78 is 5.43. The zero-order valence-corrected chi connectivity index (χ0v) is 17.1. The number of nitrogens with zero attached hydrogens (tertiary/aromatic N) is 4. The van der Waals surface area contributed by atoms with Gasteiger partial charge in [0.15, 0.2) is 0 Å². The lowest BCUT2D eigenvalue weighted by molar-refractivity contribution is -0.134. The van der Waals surface area contributed by atoms with Crippen LogP contribution < -0.4 is 4.74 Å². The highest BCUT2D eigenvalue weighted by Crippen LogP contribution is 2.44. The molecule has 1 aliphatic carbocycles. The molecule has 7 nitrogen and oxygen atoms in total. The van der Waals surface area contributed by atoms with E-state index >= 15 is 0 Å². The van der Waals surface area contributed by atoms with Crippen LogP contribution in [0.2, 0.25) is 0 Å². The third-order valence-electron chi connectivity index (χ3n) is 6.73. The molecule has 7 heteroatoms. The third kappa shape index (κ3) is 3.42. The van der Waals surface area contributed by atoms with Crippen LogP contribution in [-0.2, 0) is 4.79 Å². The minimum atomic E-state index is -0.0853. The number of rotatable bonds is 4. The summed E-state index contributed by atoms with van der Waals surface area (Å²) >= 11 is 0. The predicted octanol–water partition coefficient (Wildman–Crippen LogP) is 2.35. The molecule has 2 aromatic rings. The van der Waals surface area contributed by atoms with Crippen molar-refractivity contribution >= 4 is 11.8 Å². The molecule has 0 N–H and O–H groups in total. The van der Waals surface area contributed by atoms with Crippen LogP contribution in [0.15, 0.2) is 42.9 Å². The Bertz CT molecular complexity index is 946. The van der Waals surface area contributed by atoms with Crippen LogP contribution >= 0.6 is 0 Å². The second kappa shape index (κ2) is 7.70. The highest BCUT2D eigenvalue weighted by Gasteiger charge is 2.50. The second-order valence-corrected chi connectivity index (χ2v) is 8.51. The van der Waals surface area contributed by atoms with Gasteiger partial charge in [0.1, 0.15) is 11.4 Å². The van der Waals surface area contributed by atoms with Gasteiger partial charge < -0.3 is 14.5 Å². The molecule has 1 aromatic carbocycles. The molecule has 0 radical (unpaired) electrons. The van der Waals surface area contributed by atoms with E-state index in [0.29, 0.717) is 31.2 Å². The molecule has 5 rings (SSSR count). The second-order valence-electron chi connectivity index (χ2n) is 8.51. The van der Waals surface area contributed by atoms with E-state index in [9.17, 15) is 9.59 Å². The molecule has 3 atom stereocenters. The van der Waals surface area contributed by atoms with E-state index in [1.807, 2.05) is 17.0 Å². The van der Waals surface area contributed by atoms with Gasteiger partial charge in [0, 0.05) is 55.8 Å². The Morgan fingerprint density at radius 1 is 1.13 bits per heavy atom. The Balaban J connectivity index is 1.43. The first-order chi connectivity index (χ1) is 14.7. The fourth-order valence-electron chi connectivity index (χ4n) is 5.03. The van der Waals surface area contributed by atoms with Gasteiger partial charge >= 0.3 is 0 Å². The molecular formula is C23H26N4O3. The third-order valence-corrected chi connectivity index (χ3v) is 6.73. The summed E-state index contributed by atoms with van der Waals surface area (Å²) in [4.78, 5) is 38.2. The smallest absolute Gasteiger partial charge is 0.274 e. The van der Waals surface area contributed by atoms with Crippen LogP contribution in [0, 0.1) is 11.8 Å². The average Bonchev–Trinajstić information content (AvgIpc) is 3.59. The molecular weight excluding hydrogens is 380 g/mol. The molecule has 0 unspecified atom stereocenters. The maximum atomic E-state index is 13.0. The highest BCUT2D eigenvalue weighted by atomic mass is 16.5. The van der Waals surface area contributed by atoms with Crippen LogP contribution in [0.1, 0.15) is 41.2 Å². The van der Waals surface area contributed by atoms with E-state index in [2.05, 4.69) is 27.0 Å². The molecule has 0 spiro atoms. The predicted molar refractivity (Wildman–Crippen MR) is 110 cm³/mol. The number of fused-ring (bicyclic) bond motifs is 1. The van der Waals surface area contributed by atoms with Crippen molar-refractivity contribution in [3.05, 3.63) is 54.1 Å². The monoisotopic (exact) mass is 406 g/mol. The van der Waals surface area contributed by atoms with Gasteiger partial charge in [-0.25, -0.2) is 4.98 Å². The molecule has 2 amide bonds. The maximum Gasteiger partial charge on any atom is 0.274 e. The first-order valence-corrected chi connectivity index (χ1v) is 10.7. The van der Waals surface area contributed by atoms with Crippen molar-refractivity contribution in [1.82, 2.24) is 19.8 Å². The van der Waals surface area contributed by atoms with E-state index < -0.39 is 0 Å². The zero-order chi connectivity index (χ0) is 20.7. The molecule has 1 saturated carbocycles.